The molecule has 0 spiro atoms. The summed E-state index contributed by atoms with van der Waals surface area (Å²) in [6.07, 6.45) is 6.00. The molecule has 14 nitrogen and oxygen atoms in total. The van der Waals surface area contributed by atoms with Crippen LogP contribution >= 0.6 is 0 Å². The first-order valence-corrected chi connectivity index (χ1v) is 20.1. The van der Waals surface area contributed by atoms with Crippen molar-refractivity contribution in [2.24, 2.45) is 11.8 Å². The number of rotatable bonds is 9. The maximum absolute atomic E-state index is 15.1. The van der Waals surface area contributed by atoms with E-state index in [1.807, 2.05) is 54.5 Å². The van der Waals surface area contributed by atoms with Crippen molar-refractivity contribution in [3.05, 3.63) is 89.0 Å². The Hall–Kier alpha value is -6.32. The SMILES string of the molecule is Cc1nc2c(F)cc(-c3nc(Nc4ccc(CC5CCN(C(=O)C6CN(c7ccc8c(c7)CN(C7CCC(=O)NC7=O)C8=O)C6)CC5)cn4)ncc3F)cc2n1C(C)C. The number of nitrogens with one attached hydrogen (secondary N) is 2. The molecule has 4 aliphatic rings. The van der Waals surface area contributed by atoms with Gasteiger partial charge in [-0.2, -0.15) is 0 Å². The number of nitrogens with zero attached hydrogens (tertiary/aromatic N) is 8. The first-order valence-electron chi connectivity index (χ1n) is 20.1. The minimum absolute atomic E-state index is 0.0311. The Morgan fingerprint density at radius 3 is 2.47 bits per heavy atom. The lowest BCUT2D eigenvalue weighted by Gasteiger charge is -2.43. The molecule has 0 bridgehead atoms. The number of hydrogen-bond donors (Lipinski definition) is 2. The van der Waals surface area contributed by atoms with Crippen molar-refractivity contribution in [3.8, 4) is 11.3 Å². The Labute approximate surface area is 339 Å². The summed E-state index contributed by atoms with van der Waals surface area (Å²) < 4.78 is 32.1. The topological polar surface area (TPSA) is 159 Å². The van der Waals surface area contributed by atoms with Gasteiger partial charge < -0.3 is 24.6 Å². The molecule has 0 aliphatic carbocycles. The first-order chi connectivity index (χ1) is 28.4. The number of hydrogen-bond acceptors (Lipinski definition) is 10. The second kappa shape index (κ2) is 15.1. The normalized spacial score (nSPS) is 18.8. The number of fused-ring (bicyclic) bond motifs is 2. The number of anilines is 3. The van der Waals surface area contributed by atoms with E-state index in [-0.39, 0.29) is 58.8 Å². The lowest BCUT2D eigenvalue weighted by molar-refractivity contribution is -0.138. The number of aromatic nitrogens is 5. The van der Waals surface area contributed by atoms with Gasteiger partial charge in [-0.3, -0.25) is 24.5 Å². The monoisotopic (exact) mass is 802 g/mol. The van der Waals surface area contributed by atoms with Crippen LogP contribution in [0.2, 0.25) is 0 Å². The molecule has 4 amide bonds. The summed E-state index contributed by atoms with van der Waals surface area (Å²) in [5.41, 5.74) is 4.48. The fourth-order valence-electron chi connectivity index (χ4n) is 8.97. The largest absolute Gasteiger partial charge is 0.370 e. The summed E-state index contributed by atoms with van der Waals surface area (Å²) in [5, 5.41) is 5.38. The Morgan fingerprint density at radius 1 is 0.949 bits per heavy atom. The highest BCUT2D eigenvalue weighted by molar-refractivity contribution is 6.05. The Kier molecular flexibility index (Phi) is 9.80. The zero-order valence-electron chi connectivity index (χ0n) is 33.0. The van der Waals surface area contributed by atoms with Gasteiger partial charge in [0.1, 0.15) is 28.9 Å². The average Bonchev–Trinajstić information content (AvgIpc) is 3.71. The minimum Gasteiger partial charge on any atom is -0.370 e. The minimum atomic E-state index is -0.676. The molecular formula is C43H44F2N10O4. The Balaban J connectivity index is 0.758. The fourth-order valence-corrected chi connectivity index (χ4v) is 8.97. The smallest absolute Gasteiger partial charge is 0.255 e. The van der Waals surface area contributed by atoms with Gasteiger partial charge in [0.25, 0.3) is 5.91 Å². The zero-order chi connectivity index (χ0) is 41.1. The van der Waals surface area contributed by atoms with Crippen LogP contribution in [0.15, 0.2) is 54.9 Å². The molecule has 1 atom stereocenters. The lowest BCUT2D eigenvalue weighted by atomic mass is 9.89. The molecule has 0 saturated carbocycles. The maximum Gasteiger partial charge on any atom is 0.255 e. The Morgan fingerprint density at radius 2 is 1.75 bits per heavy atom. The van der Waals surface area contributed by atoms with E-state index in [1.54, 1.807) is 23.2 Å². The van der Waals surface area contributed by atoms with Crippen molar-refractivity contribution in [1.82, 2.24) is 39.6 Å². The summed E-state index contributed by atoms with van der Waals surface area (Å²) in [7, 11) is 0. The van der Waals surface area contributed by atoms with Crippen molar-refractivity contribution in [2.45, 2.75) is 71.5 Å². The highest BCUT2D eigenvalue weighted by Crippen LogP contribution is 2.35. The molecular weight excluding hydrogens is 759 g/mol. The number of carbonyl (C=O) groups is 4. The van der Waals surface area contributed by atoms with Crippen LogP contribution in [0.4, 0.5) is 26.2 Å². The number of imidazole rings is 1. The van der Waals surface area contributed by atoms with E-state index in [1.165, 1.54) is 6.07 Å². The van der Waals surface area contributed by atoms with Crippen LogP contribution in [0.5, 0.6) is 0 Å². The third-order valence-corrected chi connectivity index (χ3v) is 12.1. The highest BCUT2D eigenvalue weighted by Gasteiger charge is 2.41. The molecule has 2 N–H and O–H groups in total. The molecule has 2 aromatic carbocycles. The van der Waals surface area contributed by atoms with Gasteiger partial charge in [0.15, 0.2) is 11.6 Å². The summed E-state index contributed by atoms with van der Waals surface area (Å²) in [6.45, 7) is 8.71. The molecule has 4 aliphatic heterocycles. The van der Waals surface area contributed by atoms with Gasteiger partial charge in [-0.15, -0.1) is 0 Å². The number of amides is 4. The molecule has 7 heterocycles. The number of piperidine rings is 2. The average molecular weight is 803 g/mol. The molecule has 16 heteroatoms. The number of imide groups is 1. The number of benzene rings is 2. The summed E-state index contributed by atoms with van der Waals surface area (Å²) >= 11 is 0. The van der Waals surface area contributed by atoms with E-state index in [9.17, 15) is 19.2 Å². The zero-order valence-corrected chi connectivity index (χ0v) is 33.0. The fraction of sp³-hybridized carbons (Fsp3) is 0.395. The number of pyridine rings is 1. The van der Waals surface area contributed by atoms with Crippen molar-refractivity contribution < 1.29 is 28.0 Å². The molecule has 0 radical (unpaired) electrons. The van der Waals surface area contributed by atoms with Gasteiger partial charge in [-0.05, 0) is 99.9 Å². The number of likely N-dealkylation sites (tertiary alicyclic amines) is 1. The number of halogens is 2. The van der Waals surface area contributed by atoms with E-state index in [0.29, 0.717) is 67.8 Å². The van der Waals surface area contributed by atoms with Crippen LogP contribution in [-0.2, 0) is 27.3 Å². The molecule has 1 unspecified atom stereocenters. The summed E-state index contributed by atoms with van der Waals surface area (Å²) in [5.74, 6) is -0.394. The van der Waals surface area contributed by atoms with Crippen molar-refractivity contribution in [1.29, 1.82) is 0 Å². The lowest BCUT2D eigenvalue weighted by Crippen LogP contribution is -2.55. The quantitative estimate of drug-likeness (QED) is 0.183. The van der Waals surface area contributed by atoms with Gasteiger partial charge in [-0.25, -0.2) is 28.7 Å². The van der Waals surface area contributed by atoms with Crippen LogP contribution in [-0.4, -0.2) is 90.2 Å². The van der Waals surface area contributed by atoms with Gasteiger partial charge in [-0.1, -0.05) is 6.07 Å². The number of aryl methyl sites for hydroxylation is 1. The third-order valence-electron chi connectivity index (χ3n) is 12.1. The van der Waals surface area contributed by atoms with Crippen molar-refractivity contribution in [2.75, 3.05) is 36.4 Å². The van der Waals surface area contributed by atoms with E-state index in [4.69, 9.17) is 0 Å². The molecule has 5 aromatic rings. The van der Waals surface area contributed by atoms with Gasteiger partial charge in [0.2, 0.25) is 23.7 Å². The predicted molar refractivity (Wildman–Crippen MR) is 215 cm³/mol. The van der Waals surface area contributed by atoms with Gasteiger partial charge in [0, 0.05) is 68.2 Å². The van der Waals surface area contributed by atoms with E-state index in [0.717, 1.165) is 42.3 Å². The maximum atomic E-state index is 15.1. The van der Waals surface area contributed by atoms with Crippen LogP contribution in [0.25, 0.3) is 22.3 Å². The van der Waals surface area contributed by atoms with Crippen LogP contribution in [0.3, 0.4) is 0 Å². The molecule has 3 saturated heterocycles. The molecule has 304 valence electrons. The van der Waals surface area contributed by atoms with E-state index < -0.39 is 23.6 Å². The Bertz CT molecular complexity index is 2510. The molecule has 3 fully saturated rings. The summed E-state index contributed by atoms with van der Waals surface area (Å²) in [6, 6.07) is 11.8. The van der Waals surface area contributed by atoms with Crippen LogP contribution in [0, 0.1) is 30.4 Å². The van der Waals surface area contributed by atoms with Crippen LogP contribution < -0.4 is 15.5 Å². The third kappa shape index (κ3) is 7.25. The van der Waals surface area contributed by atoms with Gasteiger partial charge in [0.05, 0.1) is 17.6 Å². The van der Waals surface area contributed by atoms with Crippen molar-refractivity contribution in [3.63, 3.8) is 0 Å². The highest BCUT2D eigenvalue weighted by atomic mass is 19.1. The summed E-state index contributed by atoms with van der Waals surface area (Å²) in [4.78, 5) is 73.6. The molecule has 3 aromatic heterocycles. The molecule has 59 heavy (non-hydrogen) atoms. The van der Waals surface area contributed by atoms with Crippen LogP contribution in [0.1, 0.15) is 72.9 Å². The first kappa shape index (κ1) is 38.2. The van der Waals surface area contributed by atoms with E-state index >= 15 is 8.78 Å². The van der Waals surface area contributed by atoms with E-state index in [2.05, 4.69) is 35.5 Å². The molecule has 9 rings (SSSR count). The van der Waals surface area contributed by atoms with Gasteiger partial charge >= 0.3 is 0 Å². The predicted octanol–water partition coefficient (Wildman–Crippen LogP) is 5.48. The second-order valence-corrected chi connectivity index (χ2v) is 16.3. The number of carbonyl (C=O) groups excluding carboxylic acids is 4. The standard InChI is InChI=1S/C43H44F2N10O4/c1-23(2)55-24(3)48-39-32(44)16-27(17-35(39)55)38-33(45)19-47-43(51-38)49-36-8-4-26(18-46-36)14-25-10-12-52(13-11-25)41(58)29-20-53(21-29)30-5-6-31-28(15-30)22-54(42(31)59)34-7-9-37(56)50-40(34)57/h4-6,8,15-19,23,25,29,34H,7,9-14,20-22H2,1-3H3,(H,50,56,57)(H,46,47,49,51). The van der Waals surface area contributed by atoms with Crippen molar-refractivity contribution >= 4 is 52.1 Å². The second-order valence-electron chi connectivity index (χ2n) is 16.3.